The van der Waals surface area contributed by atoms with Crippen molar-refractivity contribution < 1.29 is 0 Å². The zero-order valence-electron chi connectivity index (χ0n) is 7.96. The number of allylic oxidation sites excluding steroid dienone is 3. The van der Waals surface area contributed by atoms with Crippen molar-refractivity contribution in [2.45, 2.75) is 13.8 Å². The molecule has 1 rings (SSSR count). The first-order chi connectivity index (χ1) is 5.66. The summed E-state index contributed by atoms with van der Waals surface area (Å²) in [7, 11) is 2.06. The van der Waals surface area contributed by atoms with Crippen LogP contribution in [0.5, 0.6) is 0 Å². The first-order valence-electron chi connectivity index (χ1n) is 4.08. The fourth-order valence-electron chi connectivity index (χ4n) is 1.50. The van der Waals surface area contributed by atoms with Crippen molar-refractivity contribution in [3.63, 3.8) is 0 Å². The number of aryl methyl sites for hydroxylation is 2. The zero-order valence-corrected chi connectivity index (χ0v) is 7.96. The Hall–Kier alpha value is -1.24. The molecule has 0 aromatic carbocycles. The first-order valence-corrected chi connectivity index (χ1v) is 4.08. The van der Waals surface area contributed by atoms with Gasteiger partial charge >= 0.3 is 0 Å². The first kappa shape index (κ1) is 8.85. The Bertz CT molecular complexity index is 296. The van der Waals surface area contributed by atoms with Gasteiger partial charge in [-0.15, -0.1) is 0 Å². The third-order valence-electron chi connectivity index (χ3n) is 2.02. The van der Waals surface area contributed by atoms with Gasteiger partial charge in [0.2, 0.25) is 0 Å². The molecule has 0 aliphatic rings. The summed E-state index contributed by atoms with van der Waals surface area (Å²) < 4.78 is 2.13. The van der Waals surface area contributed by atoms with Gasteiger partial charge in [0.15, 0.2) is 0 Å². The number of rotatable bonds is 2. The topological polar surface area (TPSA) is 4.93 Å². The highest BCUT2D eigenvalue weighted by molar-refractivity contribution is 5.65. The van der Waals surface area contributed by atoms with Crippen molar-refractivity contribution >= 4 is 5.57 Å². The third kappa shape index (κ3) is 1.50. The lowest BCUT2D eigenvalue weighted by molar-refractivity contribution is 0.904. The molecule has 0 aliphatic carbocycles. The van der Waals surface area contributed by atoms with Crippen LogP contribution in [0.15, 0.2) is 31.0 Å². The van der Waals surface area contributed by atoms with Crippen LogP contribution in [0.2, 0.25) is 0 Å². The Labute approximate surface area is 74.0 Å². The summed E-state index contributed by atoms with van der Waals surface area (Å²) in [5.41, 5.74) is 3.86. The van der Waals surface area contributed by atoms with Gasteiger partial charge in [-0.2, -0.15) is 0 Å². The molecule has 12 heavy (non-hydrogen) atoms. The molecule has 0 fully saturated rings. The van der Waals surface area contributed by atoms with E-state index in [1.807, 2.05) is 12.2 Å². The second-order valence-electron chi connectivity index (χ2n) is 3.04. The average Bonchev–Trinajstić information content (AvgIpc) is 2.32. The zero-order chi connectivity index (χ0) is 9.14. The van der Waals surface area contributed by atoms with Crippen molar-refractivity contribution in [1.82, 2.24) is 4.57 Å². The number of aromatic nitrogens is 1. The molecule has 0 radical (unpaired) electrons. The van der Waals surface area contributed by atoms with Crippen LogP contribution >= 0.6 is 0 Å². The van der Waals surface area contributed by atoms with Crippen molar-refractivity contribution in [2.24, 2.45) is 7.05 Å². The van der Waals surface area contributed by atoms with Gasteiger partial charge in [0.1, 0.15) is 0 Å². The molecule has 1 heterocycles. The van der Waals surface area contributed by atoms with Gasteiger partial charge in [-0.25, -0.2) is 0 Å². The summed E-state index contributed by atoms with van der Waals surface area (Å²) in [6.07, 6.45) is 5.93. The average molecular weight is 161 g/mol. The van der Waals surface area contributed by atoms with E-state index in [1.54, 1.807) is 0 Å². The minimum Gasteiger partial charge on any atom is -0.351 e. The SMILES string of the molecule is C=C/C=C(/C)c1c(C)ccn1C. The smallest absolute Gasteiger partial charge is 0.0463 e. The van der Waals surface area contributed by atoms with Crippen LogP contribution in [0.1, 0.15) is 18.2 Å². The van der Waals surface area contributed by atoms with Crippen LogP contribution in [0.4, 0.5) is 0 Å². The van der Waals surface area contributed by atoms with E-state index < -0.39 is 0 Å². The molecular formula is C11H15N. The molecule has 1 nitrogen and oxygen atoms in total. The molecule has 1 aromatic rings. The van der Waals surface area contributed by atoms with Crippen LogP contribution in [0.25, 0.3) is 5.57 Å². The maximum Gasteiger partial charge on any atom is 0.0463 e. The molecule has 0 spiro atoms. The molecule has 0 unspecified atom stereocenters. The lowest BCUT2D eigenvalue weighted by Crippen LogP contribution is -1.93. The molecule has 0 saturated heterocycles. The van der Waals surface area contributed by atoms with Gasteiger partial charge in [-0.05, 0) is 31.1 Å². The van der Waals surface area contributed by atoms with E-state index in [0.717, 1.165) is 0 Å². The number of nitrogens with zero attached hydrogens (tertiary/aromatic N) is 1. The molecule has 0 N–H and O–H groups in total. The fraction of sp³-hybridized carbons (Fsp3) is 0.273. The second kappa shape index (κ2) is 3.44. The minimum atomic E-state index is 1.26. The maximum absolute atomic E-state index is 3.68. The predicted molar refractivity (Wildman–Crippen MR) is 54.0 cm³/mol. The summed E-state index contributed by atoms with van der Waals surface area (Å²) >= 11 is 0. The van der Waals surface area contributed by atoms with Gasteiger partial charge in [-0.1, -0.05) is 18.7 Å². The second-order valence-corrected chi connectivity index (χ2v) is 3.04. The van der Waals surface area contributed by atoms with Gasteiger partial charge in [0.25, 0.3) is 0 Å². The molecule has 1 heteroatoms. The summed E-state index contributed by atoms with van der Waals surface area (Å²) in [6, 6.07) is 2.12. The lowest BCUT2D eigenvalue weighted by Gasteiger charge is -2.04. The standard InChI is InChI=1S/C11H15N/c1-5-6-9(2)11-10(3)7-8-12(11)4/h5-8H,1H2,2-4H3/b9-6-. The van der Waals surface area contributed by atoms with E-state index in [-0.39, 0.29) is 0 Å². The normalized spacial score (nSPS) is 11.8. The highest BCUT2D eigenvalue weighted by Crippen LogP contribution is 2.18. The van der Waals surface area contributed by atoms with Gasteiger partial charge in [0.05, 0.1) is 0 Å². The molecule has 64 valence electrons. The lowest BCUT2D eigenvalue weighted by atomic mass is 10.1. The fourth-order valence-corrected chi connectivity index (χ4v) is 1.50. The van der Waals surface area contributed by atoms with Crippen molar-refractivity contribution in [3.8, 4) is 0 Å². The van der Waals surface area contributed by atoms with Crippen molar-refractivity contribution in [3.05, 3.63) is 42.3 Å². The monoisotopic (exact) mass is 161 g/mol. The van der Waals surface area contributed by atoms with E-state index in [1.165, 1.54) is 16.8 Å². The van der Waals surface area contributed by atoms with Gasteiger partial charge in [-0.3, -0.25) is 0 Å². The Balaban J connectivity index is 3.17. The number of hydrogen-bond acceptors (Lipinski definition) is 0. The highest BCUT2D eigenvalue weighted by Gasteiger charge is 2.02. The molecule has 0 aliphatic heterocycles. The summed E-state index contributed by atoms with van der Waals surface area (Å²) in [4.78, 5) is 0. The van der Waals surface area contributed by atoms with Gasteiger partial charge < -0.3 is 4.57 Å². The Kier molecular flexibility index (Phi) is 2.54. The van der Waals surface area contributed by atoms with Crippen LogP contribution in [-0.2, 0) is 7.05 Å². The van der Waals surface area contributed by atoms with E-state index in [2.05, 4.69) is 44.3 Å². The van der Waals surface area contributed by atoms with Crippen LogP contribution in [-0.4, -0.2) is 4.57 Å². The molecule has 1 aromatic heterocycles. The molecule has 0 amide bonds. The van der Waals surface area contributed by atoms with E-state index in [9.17, 15) is 0 Å². The Morgan fingerprint density at radius 1 is 1.58 bits per heavy atom. The van der Waals surface area contributed by atoms with Crippen molar-refractivity contribution in [1.29, 1.82) is 0 Å². The third-order valence-corrected chi connectivity index (χ3v) is 2.02. The van der Waals surface area contributed by atoms with Gasteiger partial charge in [0, 0.05) is 18.9 Å². The quantitative estimate of drug-likeness (QED) is 0.588. The van der Waals surface area contributed by atoms with Crippen LogP contribution in [0, 0.1) is 6.92 Å². The summed E-state index contributed by atoms with van der Waals surface area (Å²) in [5.74, 6) is 0. The highest BCUT2D eigenvalue weighted by atomic mass is 14.9. The van der Waals surface area contributed by atoms with Crippen molar-refractivity contribution in [2.75, 3.05) is 0 Å². The predicted octanol–water partition coefficient (Wildman–Crippen LogP) is 2.92. The Morgan fingerprint density at radius 2 is 2.25 bits per heavy atom. The molecular weight excluding hydrogens is 146 g/mol. The summed E-state index contributed by atoms with van der Waals surface area (Å²) in [6.45, 7) is 7.91. The van der Waals surface area contributed by atoms with Crippen LogP contribution in [0.3, 0.4) is 0 Å². The maximum atomic E-state index is 3.68. The van der Waals surface area contributed by atoms with E-state index in [0.29, 0.717) is 0 Å². The summed E-state index contributed by atoms with van der Waals surface area (Å²) in [5, 5.41) is 0. The molecule has 0 bridgehead atoms. The van der Waals surface area contributed by atoms with Crippen LogP contribution < -0.4 is 0 Å². The largest absolute Gasteiger partial charge is 0.351 e. The molecule has 0 atom stereocenters. The van der Waals surface area contributed by atoms with E-state index >= 15 is 0 Å². The Morgan fingerprint density at radius 3 is 2.67 bits per heavy atom. The molecule has 0 saturated carbocycles. The number of hydrogen-bond donors (Lipinski definition) is 0. The minimum absolute atomic E-state index is 1.26. The van der Waals surface area contributed by atoms with E-state index in [4.69, 9.17) is 0 Å².